The third-order valence-electron chi connectivity index (χ3n) is 1.18. The first kappa shape index (κ1) is 15.0. The fourth-order valence-electron chi connectivity index (χ4n) is 0.571. The van der Waals surface area contributed by atoms with E-state index >= 15 is 0 Å². The van der Waals surface area contributed by atoms with Gasteiger partial charge in [0.25, 0.3) is 0 Å². The number of carbonyl (C=O) groups is 1. The number of hydrogen-bond donors (Lipinski definition) is 1. The van der Waals surface area contributed by atoms with E-state index in [0.29, 0.717) is 0 Å². The predicted octanol–water partition coefficient (Wildman–Crippen LogP) is 2.38. The van der Waals surface area contributed by atoms with Crippen molar-refractivity contribution in [2.45, 2.75) is 20.8 Å². The molecule has 0 amide bonds. The summed E-state index contributed by atoms with van der Waals surface area (Å²) in [6, 6.07) is 0. The van der Waals surface area contributed by atoms with Crippen LogP contribution in [0.3, 0.4) is 0 Å². The number of nitrogens with one attached hydrogen (secondary N) is 1. The van der Waals surface area contributed by atoms with Gasteiger partial charge in [0.15, 0.2) is 0 Å². The van der Waals surface area contributed by atoms with Gasteiger partial charge in [-0.25, -0.2) is 4.79 Å². The molecule has 0 aromatic heterocycles. The van der Waals surface area contributed by atoms with Gasteiger partial charge in [-0.2, -0.15) is 0 Å². The molecule has 0 atom stereocenters. The van der Waals surface area contributed by atoms with E-state index in [2.05, 4.69) is 16.6 Å². The van der Waals surface area contributed by atoms with Crippen LogP contribution >= 0.6 is 0 Å². The average Bonchev–Trinajstić information content (AvgIpc) is 2.26. The van der Waals surface area contributed by atoms with Crippen molar-refractivity contribution in [1.82, 2.24) is 5.32 Å². The van der Waals surface area contributed by atoms with Gasteiger partial charge in [-0.15, -0.1) is 0 Å². The van der Waals surface area contributed by atoms with Crippen LogP contribution in [0, 0.1) is 0 Å². The van der Waals surface area contributed by atoms with Crippen LogP contribution in [-0.4, -0.2) is 13.1 Å². The summed E-state index contributed by atoms with van der Waals surface area (Å²) in [5.41, 5.74) is 0.801. The van der Waals surface area contributed by atoms with Gasteiger partial charge in [-0.05, 0) is 19.2 Å². The largest absolute Gasteiger partial charge is 0.466 e. The Morgan fingerprint density at radius 1 is 1.36 bits per heavy atom. The van der Waals surface area contributed by atoms with Gasteiger partial charge < -0.3 is 10.1 Å². The van der Waals surface area contributed by atoms with Gasteiger partial charge in [-0.1, -0.05) is 26.5 Å². The summed E-state index contributed by atoms with van der Waals surface area (Å²) in [5.74, 6) is -0.375. The zero-order valence-electron chi connectivity index (χ0n) is 9.33. The molecule has 0 aliphatic heterocycles. The smallest absolute Gasteiger partial charge is 0.330 e. The van der Waals surface area contributed by atoms with Crippen molar-refractivity contribution in [2.75, 3.05) is 7.11 Å². The van der Waals surface area contributed by atoms with Gasteiger partial charge in [0.2, 0.25) is 0 Å². The van der Waals surface area contributed by atoms with E-state index in [4.69, 9.17) is 0 Å². The molecule has 0 unspecified atom stereocenters. The highest BCUT2D eigenvalue weighted by Crippen LogP contribution is 1.91. The van der Waals surface area contributed by atoms with Crippen LogP contribution in [0.15, 0.2) is 36.7 Å². The number of esters is 1. The molecule has 1 N–H and O–H groups in total. The molecular weight excluding hydrogens is 178 g/mol. The molecular formula is C11H19NO2. The lowest BCUT2D eigenvalue weighted by Gasteiger charge is -1.98. The average molecular weight is 197 g/mol. The molecule has 14 heavy (non-hydrogen) atoms. The lowest BCUT2D eigenvalue weighted by molar-refractivity contribution is -0.134. The highest BCUT2D eigenvalue weighted by molar-refractivity contribution is 5.82. The minimum atomic E-state index is -0.375. The molecule has 0 rings (SSSR count). The maximum Gasteiger partial charge on any atom is 0.330 e. The fraction of sp³-hybridized carbons (Fsp3) is 0.364. The Kier molecular flexibility index (Phi) is 12.3. The predicted molar refractivity (Wildman–Crippen MR) is 59.6 cm³/mol. The van der Waals surface area contributed by atoms with Crippen molar-refractivity contribution in [1.29, 1.82) is 0 Å². The zero-order chi connectivity index (χ0) is 11.4. The number of carbonyl (C=O) groups excluding carboxylic acids is 1. The van der Waals surface area contributed by atoms with E-state index in [-0.39, 0.29) is 5.97 Å². The van der Waals surface area contributed by atoms with Crippen molar-refractivity contribution in [2.24, 2.45) is 0 Å². The summed E-state index contributed by atoms with van der Waals surface area (Å²) in [6.45, 7) is 9.35. The Morgan fingerprint density at radius 3 is 2.29 bits per heavy atom. The van der Waals surface area contributed by atoms with Crippen LogP contribution in [0.2, 0.25) is 0 Å². The molecule has 0 aromatic rings. The molecule has 0 aliphatic carbocycles. The molecule has 3 nitrogen and oxygen atoms in total. The Bertz CT molecular complexity index is 217. The maximum absolute atomic E-state index is 10.6. The molecule has 80 valence electrons. The molecule has 0 bridgehead atoms. The third-order valence-corrected chi connectivity index (χ3v) is 1.18. The number of hydrogen-bond acceptors (Lipinski definition) is 3. The van der Waals surface area contributed by atoms with E-state index < -0.39 is 0 Å². The van der Waals surface area contributed by atoms with Crippen molar-refractivity contribution in [3.05, 3.63) is 36.7 Å². The van der Waals surface area contributed by atoms with Crippen LogP contribution in [0.5, 0.6) is 0 Å². The second-order valence-electron chi connectivity index (χ2n) is 1.95. The third kappa shape index (κ3) is 8.59. The topological polar surface area (TPSA) is 38.3 Å². The monoisotopic (exact) mass is 197 g/mol. The van der Waals surface area contributed by atoms with Crippen molar-refractivity contribution in [3.8, 4) is 0 Å². The molecule has 0 aliphatic rings. The first-order valence-electron chi connectivity index (χ1n) is 4.54. The van der Waals surface area contributed by atoms with Gasteiger partial charge in [-0.3, -0.25) is 0 Å². The first-order chi connectivity index (χ1) is 6.74. The molecule has 0 fully saturated rings. The summed E-state index contributed by atoms with van der Waals surface area (Å²) in [6.07, 6.45) is 6.32. The number of methoxy groups -OCH3 is 1. The lowest BCUT2D eigenvalue weighted by atomic mass is 10.3. The van der Waals surface area contributed by atoms with Gasteiger partial charge in [0.05, 0.1) is 7.11 Å². The standard InChI is InChI=1S/C9H13NO2.C2H6/c1-4-8(10-5-2)6-7-9(11)12-3;1-2/h4-7,10H,2H2,1,3H3;1-2H3/b7-6+,8-4-;. The van der Waals surface area contributed by atoms with Crippen LogP contribution in [0.25, 0.3) is 0 Å². The normalized spacial score (nSPS) is 10.1. The van der Waals surface area contributed by atoms with Crippen LogP contribution in [0.1, 0.15) is 20.8 Å². The molecule has 0 spiro atoms. The van der Waals surface area contributed by atoms with E-state index in [1.54, 1.807) is 6.08 Å². The lowest BCUT2D eigenvalue weighted by Crippen LogP contribution is -2.02. The number of rotatable bonds is 4. The summed E-state index contributed by atoms with van der Waals surface area (Å²) >= 11 is 0. The second-order valence-corrected chi connectivity index (χ2v) is 1.95. The van der Waals surface area contributed by atoms with Gasteiger partial charge in [0, 0.05) is 11.8 Å². The first-order valence-corrected chi connectivity index (χ1v) is 4.54. The summed E-state index contributed by atoms with van der Waals surface area (Å²) in [5, 5.41) is 2.84. The summed E-state index contributed by atoms with van der Waals surface area (Å²) in [7, 11) is 1.34. The minimum Gasteiger partial charge on any atom is -0.466 e. The quantitative estimate of drug-likeness (QED) is 0.427. The molecule has 0 saturated carbocycles. The molecule has 3 heteroatoms. The zero-order valence-corrected chi connectivity index (χ0v) is 9.33. The molecule has 0 heterocycles. The van der Waals surface area contributed by atoms with Crippen molar-refractivity contribution < 1.29 is 9.53 Å². The van der Waals surface area contributed by atoms with Crippen LogP contribution < -0.4 is 5.32 Å². The molecule has 0 aromatic carbocycles. The minimum absolute atomic E-state index is 0.375. The summed E-state index contributed by atoms with van der Waals surface area (Å²) < 4.78 is 4.42. The van der Waals surface area contributed by atoms with E-state index in [0.717, 1.165) is 5.70 Å². The van der Waals surface area contributed by atoms with Gasteiger partial charge in [0.1, 0.15) is 0 Å². The Balaban J connectivity index is 0. The maximum atomic E-state index is 10.6. The summed E-state index contributed by atoms with van der Waals surface area (Å²) in [4.78, 5) is 10.6. The SMILES string of the molecule is C=CNC(=C\C)/C=C/C(=O)OC.CC. The molecule has 0 saturated heterocycles. The van der Waals surface area contributed by atoms with Crippen molar-refractivity contribution in [3.63, 3.8) is 0 Å². The van der Waals surface area contributed by atoms with E-state index in [9.17, 15) is 4.79 Å². The van der Waals surface area contributed by atoms with E-state index in [1.807, 2.05) is 26.8 Å². The fourth-order valence-corrected chi connectivity index (χ4v) is 0.571. The highest BCUT2D eigenvalue weighted by atomic mass is 16.5. The van der Waals surface area contributed by atoms with Crippen molar-refractivity contribution >= 4 is 5.97 Å². The van der Waals surface area contributed by atoms with Gasteiger partial charge >= 0.3 is 5.97 Å². The Labute approximate surface area is 86.2 Å². The molecule has 0 radical (unpaired) electrons. The van der Waals surface area contributed by atoms with Crippen LogP contribution in [-0.2, 0) is 9.53 Å². The van der Waals surface area contributed by atoms with Crippen LogP contribution in [0.4, 0.5) is 0 Å². The Morgan fingerprint density at radius 2 is 1.93 bits per heavy atom. The Hall–Kier alpha value is -1.51. The number of allylic oxidation sites excluding steroid dienone is 2. The number of ether oxygens (including phenoxy) is 1. The highest BCUT2D eigenvalue weighted by Gasteiger charge is 1.90. The second kappa shape index (κ2) is 11.5. The van der Waals surface area contributed by atoms with E-state index in [1.165, 1.54) is 19.4 Å².